The minimum Gasteiger partial charge on any atom is -0.378 e. The van der Waals surface area contributed by atoms with Crippen LogP contribution in [0.5, 0.6) is 0 Å². The predicted octanol–water partition coefficient (Wildman–Crippen LogP) is 3.43. The molecule has 0 unspecified atom stereocenters. The van der Waals surface area contributed by atoms with Crippen LogP contribution < -0.4 is 4.90 Å². The van der Waals surface area contributed by atoms with E-state index < -0.39 is 0 Å². The zero-order valence-electron chi connectivity index (χ0n) is 8.40. The molecule has 78 valence electrons. The summed E-state index contributed by atoms with van der Waals surface area (Å²) in [5, 5.41) is 0. The van der Waals surface area contributed by atoms with Crippen molar-refractivity contribution < 1.29 is 0 Å². The van der Waals surface area contributed by atoms with E-state index in [2.05, 4.69) is 29.2 Å². The Morgan fingerprint density at radius 1 is 1.21 bits per heavy atom. The van der Waals surface area contributed by atoms with Crippen molar-refractivity contribution in [2.24, 2.45) is 0 Å². The molecule has 14 heavy (non-hydrogen) atoms. The zero-order valence-corrected chi connectivity index (χ0v) is 9.98. The van der Waals surface area contributed by atoms with Gasteiger partial charge in [0.25, 0.3) is 0 Å². The molecule has 0 aliphatic heterocycles. The molecule has 0 spiro atoms. The van der Waals surface area contributed by atoms with E-state index in [-0.39, 0.29) is 12.4 Å². The minimum absolute atomic E-state index is 0. The van der Waals surface area contributed by atoms with Gasteiger partial charge in [0.1, 0.15) is 0 Å². The first-order valence-corrected chi connectivity index (χ1v) is 4.77. The molecule has 3 heteroatoms. The lowest BCUT2D eigenvalue weighted by Crippen LogP contribution is -2.07. The van der Waals surface area contributed by atoms with Crippen LogP contribution in [0, 0.1) is 0 Å². The van der Waals surface area contributed by atoms with Gasteiger partial charge in [-0.1, -0.05) is 24.3 Å². The maximum atomic E-state index is 5.54. The lowest BCUT2D eigenvalue weighted by atomic mass is 10.2. The van der Waals surface area contributed by atoms with E-state index in [1.165, 1.54) is 11.3 Å². The van der Waals surface area contributed by atoms with Gasteiger partial charge < -0.3 is 4.90 Å². The van der Waals surface area contributed by atoms with Crippen molar-refractivity contribution in [2.75, 3.05) is 24.9 Å². The molecule has 1 rings (SSSR count). The lowest BCUT2D eigenvalue weighted by molar-refractivity contribution is 1.13. The van der Waals surface area contributed by atoms with E-state index in [1.54, 1.807) is 0 Å². The Morgan fingerprint density at radius 3 is 2.21 bits per heavy atom. The molecule has 0 amide bonds. The van der Waals surface area contributed by atoms with Crippen LogP contribution in [0.15, 0.2) is 30.3 Å². The Morgan fingerprint density at radius 2 is 1.79 bits per heavy atom. The fourth-order valence-corrected chi connectivity index (χ4v) is 1.15. The fraction of sp³-hybridized carbons (Fsp3) is 0.273. The van der Waals surface area contributed by atoms with Crippen molar-refractivity contribution in [3.05, 3.63) is 35.9 Å². The highest BCUT2D eigenvalue weighted by Crippen LogP contribution is 2.12. The van der Waals surface area contributed by atoms with Crippen molar-refractivity contribution in [3.63, 3.8) is 0 Å². The van der Waals surface area contributed by atoms with Crippen molar-refractivity contribution in [1.29, 1.82) is 0 Å². The summed E-state index contributed by atoms with van der Waals surface area (Å²) in [5.74, 6) is 0.565. The van der Waals surface area contributed by atoms with Gasteiger partial charge in [-0.15, -0.1) is 24.0 Å². The number of alkyl halides is 1. The van der Waals surface area contributed by atoms with Crippen LogP contribution in [-0.2, 0) is 0 Å². The van der Waals surface area contributed by atoms with Gasteiger partial charge in [-0.05, 0) is 17.7 Å². The van der Waals surface area contributed by atoms with Gasteiger partial charge in [-0.25, -0.2) is 0 Å². The molecular formula is C11H15Cl2N. The lowest BCUT2D eigenvalue weighted by Gasteiger charge is -2.11. The Labute approximate surface area is 96.8 Å². The quantitative estimate of drug-likeness (QED) is 0.721. The largest absolute Gasteiger partial charge is 0.378 e. The Hall–Kier alpha value is -0.660. The third-order valence-corrected chi connectivity index (χ3v) is 1.99. The number of anilines is 1. The van der Waals surface area contributed by atoms with Crippen LogP contribution in [0.3, 0.4) is 0 Å². The van der Waals surface area contributed by atoms with Crippen LogP contribution in [0.1, 0.15) is 5.56 Å². The summed E-state index contributed by atoms with van der Waals surface area (Å²) < 4.78 is 0. The number of hydrogen-bond acceptors (Lipinski definition) is 1. The smallest absolute Gasteiger partial charge is 0.0407 e. The molecular weight excluding hydrogens is 217 g/mol. The average molecular weight is 232 g/mol. The number of nitrogens with zero attached hydrogens (tertiary/aromatic N) is 1. The number of benzene rings is 1. The summed E-state index contributed by atoms with van der Waals surface area (Å²) in [6.45, 7) is 0. The van der Waals surface area contributed by atoms with Gasteiger partial charge in [0.05, 0.1) is 0 Å². The number of rotatable bonds is 3. The second-order valence-electron chi connectivity index (χ2n) is 3.04. The van der Waals surface area contributed by atoms with Crippen LogP contribution in [0.4, 0.5) is 5.69 Å². The van der Waals surface area contributed by atoms with Crippen LogP contribution in [-0.4, -0.2) is 20.0 Å². The molecule has 0 aliphatic carbocycles. The van der Waals surface area contributed by atoms with Crippen LogP contribution >= 0.6 is 24.0 Å². The number of allylic oxidation sites excluding steroid dienone is 1. The average Bonchev–Trinajstić information content (AvgIpc) is 2.15. The van der Waals surface area contributed by atoms with Gasteiger partial charge >= 0.3 is 0 Å². The maximum Gasteiger partial charge on any atom is 0.0407 e. The summed E-state index contributed by atoms with van der Waals surface area (Å²) in [5.41, 5.74) is 2.40. The highest BCUT2D eigenvalue weighted by molar-refractivity contribution is 6.19. The number of halogens is 2. The van der Waals surface area contributed by atoms with Crippen molar-refractivity contribution in [1.82, 2.24) is 0 Å². The third kappa shape index (κ3) is 4.03. The predicted molar refractivity (Wildman–Crippen MR) is 67.8 cm³/mol. The molecule has 1 aromatic rings. The van der Waals surface area contributed by atoms with E-state index in [4.69, 9.17) is 11.6 Å². The first kappa shape index (κ1) is 13.3. The van der Waals surface area contributed by atoms with Gasteiger partial charge in [-0.3, -0.25) is 0 Å². The molecule has 0 fully saturated rings. The molecule has 0 radical (unpaired) electrons. The van der Waals surface area contributed by atoms with E-state index >= 15 is 0 Å². The molecule has 0 bridgehead atoms. The highest BCUT2D eigenvalue weighted by Gasteiger charge is 1.92. The fourth-order valence-electron chi connectivity index (χ4n) is 1.06. The molecule has 1 aromatic carbocycles. The summed E-state index contributed by atoms with van der Waals surface area (Å²) in [6, 6.07) is 8.35. The summed E-state index contributed by atoms with van der Waals surface area (Å²) in [7, 11) is 4.06. The Balaban J connectivity index is 0.00000169. The molecule has 0 aliphatic rings. The molecule has 0 atom stereocenters. The first-order valence-electron chi connectivity index (χ1n) is 4.24. The van der Waals surface area contributed by atoms with E-state index in [0.29, 0.717) is 5.88 Å². The molecule has 0 saturated heterocycles. The molecule has 0 N–H and O–H groups in total. The second-order valence-corrected chi connectivity index (χ2v) is 3.35. The molecule has 0 saturated carbocycles. The SMILES string of the molecule is CN(C)c1ccc(/C=C/CCl)cc1.Cl. The standard InChI is InChI=1S/C11H14ClN.ClH/c1-13(2)11-7-5-10(6-8-11)4-3-9-12;/h3-8H,9H2,1-2H3;1H/b4-3+;. The van der Waals surface area contributed by atoms with Gasteiger partial charge in [-0.2, -0.15) is 0 Å². The summed E-state index contributed by atoms with van der Waals surface area (Å²) >= 11 is 5.54. The maximum absolute atomic E-state index is 5.54. The highest BCUT2D eigenvalue weighted by atomic mass is 35.5. The van der Waals surface area contributed by atoms with E-state index in [1.807, 2.05) is 26.2 Å². The summed E-state index contributed by atoms with van der Waals surface area (Å²) in [6.07, 6.45) is 3.96. The second kappa shape index (κ2) is 6.74. The van der Waals surface area contributed by atoms with Gasteiger partial charge in [0, 0.05) is 25.7 Å². The van der Waals surface area contributed by atoms with Crippen molar-refractivity contribution >= 4 is 35.8 Å². The van der Waals surface area contributed by atoms with Gasteiger partial charge in [0.15, 0.2) is 0 Å². The normalized spacial score (nSPS) is 9.93. The molecule has 0 heterocycles. The Bertz CT molecular complexity index is 278. The third-order valence-electron chi connectivity index (χ3n) is 1.81. The minimum atomic E-state index is 0. The zero-order chi connectivity index (χ0) is 9.68. The van der Waals surface area contributed by atoms with E-state index in [0.717, 1.165) is 0 Å². The summed E-state index contributed by atoms with van der Waals surface area (Å²) in [4.78, 5) is 2.08. The first-order chi connectivity index (χ1) is 6.24. The molecule has 1 nitrogen and oxygen atoms in total. The van der Waals surface area contributed by atoms with Gasteiger partial charge in [0.2, 0.25) is 0 Å². The van der Waals surface area contributed by atoms with Crippen molar-refractivity contribution in [2.45, 2.75) is 0 Å². The topological polar surface area (TPSA) is 3.24 Å². The molecule has 0 aromatic heterocycles. The van der Waals surface area contributed by atoms with Crippen LogP contribution in [0.2, 0.25) is 0 Å². The van der Waals surface area contributed by atoms with Crippen LogP contribution in [0.25, 0.3) is 6.08 Å². The Kier molecular flexibility index (Phi) is 6.43. The van der Waals surface area contributed by atoms with E-state index in [9.17, 15) is 0 Å². The number of hydrogen-bond donors (Lipinski definition) is 0. The van der Waals surface area contributed by atoms with Crippen molar-refractivity contribution in [3.8, 4) is 0 Å². The monoisotopic (exact) mass is 231 g/mol.